The maximum atomic E-state index is 13.3. The molecule has 0 unspecified atom stereocenters. The molecule has 0 radical (unpaired) electrons. The Morgan fingerprint density at radius 3 is 2.94 bits per heavy atom. The highest BCUT2D eigenvalue weighted by molar-refractivity contribution is 5.45. The van der Waals surface area contributed by atoms with Crippen LogP contribution in [0.1, 0.15) is 5.56 Å². The minimum atomic E-state index is -0.632. The number of ether oxygens (including phenoxy) is 1. The molecule has 0 aliphatic heterocycles. The fourth-order valence-electron chi connectivity index (χ4n) is 1.33. The summed E-state index contributed by atoms with van der Waals surface area (Å²) in [4.78, 5) is 7.97. The van der Waals surface area contributed by atoms with E-state index >= 15 is 0 Å². The molecule has 0 spiro atoms. The lowest BCUT2D eigenvalue weighted by Crippen LogP contribution is -1.97. The van der Waals surface area contributed by atoms with Crippen LogP contribution in [0.3, 0.4) is 0 Å². The van der Waals surface area contributed by atoms with Gasteiger partial charge in [-0.15, -0.1) is 0 Å². The zero-order chi connectivity index (χ0) is 13.0. The van der Waals surface area contributed by atoms with Gasteiger partial charge in [-0.3, -0.25) is 4.98 Å². The summed E-state index contributed by atoms with van der Waals surface area (Å²) in [5.41, 5.74) is -0.158. The van der Waals surface area contributed by atoms with Gasteiger partial charge >= 0.3 is 0 Å². The molecule has 2 aromatic rings. The quantitative estimate of drug-likeness (QED) is 0.897. The van der Waals surface area contributed by atoms with Gasteiger partial charge in [0.1, 0.15) is 29.0 Å². The number of nitriles is 1. The molecule has 1 N–H and O–H groups in total. The highest BCUT2D eigenvalue weighted by atomic mass is 19.1. The predicted octanol–water partition coefficient (Wildman–Crippen LogP) is 2.32. The third kappa shape index (κ3) is 2.35. The van der Waals surface area contributed by atoms with Crippen molar-refractivity contribution in [3.63, 3.8) is 0 Å². The molecule has 1 aromatic carbocycles. The molecule has 5 nitrogen and oxygen atoms in total. The first-order valence-corrected chi connectivity index (χ1v) is 5.11. The Labute approximate surface area is 103 Å². The van der Waals surface area contributed by atoms with Gasteiger partial charge in [0, 0.05) is 7.05 Å². The molecule has 0 amide bonds. The zero-order valence-corrected chi connectivity index (χ0v) is 9.51. The fraction of sp³-hybridized carbons (Fsp3) is 0.0833. The first kappa shape index (κ1) is 11.8. The van der Waals surface area contributed by atoms with Gasteiger partial charge in [-0.25, -0.2) is 4.39 Å². The van der Waals surface area contributed by atoms with E-state index in [0.717, 1.165) is 0 Å². The minimum Gasteiger partial charge on any atom is -0.436 e. The SMILES string of the molecule is CNc1cncc(Oc2cccc(F)c2C#N)n1. The molecule has 6 heteroatoms. The number of anilines is 1. The summed E-state index contributed by atoms with van der Waals surface area (Å²) in [6.45, 7) is 0. The van der Waals surface area contributed by atoms with Crippen molar-refractivity contribution in [2.24, 2.45) is 0 Å². The van der Waals surface area contributed by atoms with Crippen LogP contribution in [-0.4, -0.2) is 17.0 Å². The van der Waals surface area contributed by atoms with Crippen molar-refractivity contribution in [2.75, 3.05) is 12.4 Å². The van der Waals surface area contributed by atoms with Gasteiger partial charge in [0.15, 0.2) is 0 Å². The van der Waals surface area contributed by atoms with Crippen LogP contribution in [0.15, 0.2) is 30.6 Å². The standard InChI is InChI=1S/C12H9FN4O/c1-15-11-6-16-7-12(17-11)18-10-4-2-3-9(13)8(10)5-14/h2-4,6-7H,1H3,(H,15,17). The van der Waals surface area contributed by atoms with E-state index in [-0.39, 0.29) is 17.2 Å². The van der Waals surface area contributed by atoms with Crippen molar-refractivity contribution < 1.29 is 9.13 Å². The Hall–Kier alpha value is -2.68. The van der Waals surface area contributed by atoms with Gasteiger partial charge in [-0.2, -0.15) is 10.2 Å². The van der Waals surface area contributed by atoms with Crippen molar-refractivity contribution >= 4 is 5.82 Å². The van der Waals surface area contributed by atoms with Crippen LogP contribution < -0.4 is 10.1 Å². The monoisotopic (exact) mass is 244 g/mol. The van der Waals surface area contributed by atoms with Crippen molar-refractivity contribution in [3.05, 3.63) is 42.0 Å². The summed E-state index contributed by atoms with van der Waals surface area (Å²) in [7, 11) is 1.69. The van der Waals surface area contributed by atoms with Crippen LogP contribution in [0.5, 0.6) is 11.6 Å². The number of rotatable bonds is 3. The van der Waals surface area contributed by atoms with E-state index in [1.54, 1.807) is 13.1 Å². The molecular weight excluding hydrogens is 235 g/mol. The second-order valence-corrected chi connectivity index (χ2v) is 3.32. The van der Waals surface area contributed by atoms with E-state index in [9.17, 15) is 4.39 Å². The molecular formula is C12H9FN4O. The van der Waals surface area contributed by atoms with Crippen molar-refractivity contribution in [1.29, 1.82) is 5.26 Å². The van der Waals surface area contributed by atoms with Crippen LogP contribution in [-0.2, 0) is 0 Å². The summed E-state index contributed by atoms with van der Waals surface area (Å²) in [6.07, 6.45) is 2.90. The van der Waals surface area contributed by atoms with E-state index in [1.807, 2.05) is 0 Å². The highest BCUT2D eigenvalue weighted by Crippen LogP contribution is 2.25. The molecule has 90 valence electrons. The summed E-state index contributed by atoms with van der Waals surface area (Å²) >= 11 is 0. The van der Waals surface area contributed by atoms with Gasteiger partial charge < -0.3 is 10.1 Å². The van der Waals surface area contributed by atoms with Crippen molar-refractivity contribution in [3.8, 4) is 17.7 Å². The molecule has 0 aliphatic carbocycles. The lowest BCUT2D eigenvalue weighted by atomic mass is 10.2. The number of benzene rings is 1. The van der Waals surface area contributed by atoms with E-state index in [1.165, 1.54) is 30.6 Å². The maximum absolute atomic E-state index is 13.3. The molecule has 18 heavy (non-hydrogen) atoms. The second-order valence-electron chi connectivity index (χ2n) is 3.32. The Kier molecular flexibility index (Phi) is 3.34. The summed E-state index contributed by atoms with van der Waals surface area (Å²) in [5, 5.41) is 11.7. The van der Waals surface area contributed by atoms with Crippen LogP contribution in [0.4, 0.5) is 10.2 Å². The van der Waals surface area contributed by atoms with E-state index < -0.39 is 5.82 Å². The Morgan fingerprint density at radius 1 is 1.39 bits per heavy atom. The van der Waals surface area contributed by atoms with Crippen molar-refractivity contribution in [2.45, 2.75) is 0 Å². The van der Waals surface area contributed by atoms with Crippen LogP contribution in [0.2, 0.25) is 0 Å². The number of nitrogens with one attached hydrogen (secondary N) is 1. The fourth-order valence-corrected chi connectivity index (χ4v) is 1.33. The highest BCUT2D eigenvalue weighted by Gasteiger charge is 2.10. The number of hydrogen-bond acceptors (Lipinski definition) is 5. The molecule has 1 aromatic heterocycles. The zero-order valence-electron chi connectivity index (χ0n) is 9.51. The lowest BCUT2D eigenvalue weighted by Gasteiger charge is -2.07. The number of halogens is 1. The molecule has 1 heterocycles. The van der Waals surface area contributed by atoms with Crippen LogP contribution >= 0.6 is 0 Å². The Bertz CT molecular complexity index is 609. The topological polar surface area (TPSA) is 70.8 Å². The predicted molar refractivity (Wildman–Crippen MR) is 62.8 cm³/mol. The van der Waals surface area contributed by atoms with Gasteiger partial charge in [0.05, 0.1) is 12.4 Å². The minimum absolute atomic E-state index is 0.111. The molecule has 0 fully saturated rings. The average Bonchev–Trinajstić information content (AvgIpc) is 2.39. The maximum Gasteiger partial charge on any atom is 0.239 e. The summed E-state index contributed by atoms with van der Waals surface area (Å²) in [5.74, 6) is 0.180. The summed E-state index contributed by atoms with van der Waals surface area (Å²) < 4.78 is 18.7. The molecule has 0 aliphatic rings. The molecule has 0 atom stereocenters. The first-order chi connectivity index (χ1) is 8.74. The number of nitrogens with zero attached hydrogens (tertiary/aromatic N) is 3. The van der Waals surface area contributed by atoms with Crippen LogP contribution in [0.25, 0.3) is 0 Å². The van der Waals surface area contributed by atoms with Crippen molar-refractivity contribution in [1.82, 2.24) is 9.97 Å². The van der Waals surface area contributed by atoms with Gasteiger partial charge in [-0.1, -0.05) is 6.07 Å². The van der Waals surface area contributed by atoms with Gasteiger partial charge in [-0.05, 0) is 12.1 Å². The summed E-state index contributed by atoms with van der Waals surface area (Å²) in [6, 6.07) is 5.90. The van der Waals surface area contributed by atoms with Gasteiger partial charge in [0.2, 0.25) is 5.88 Å². The largest absolute Gasteiger partial charge is 0.436 e. The Morgan fingerprint density at radius 2 is 2.22 bits per heavy atom. The van der Waals surface area contributed by atoms with E-state index in [2.05, 4.69) is 15.3 Å². The molecule has 0 saturated heterocycles. The second kappa shape index (κ2) is 5.10. The number of hydrogen-bond donors (Lipinski definition) is 1. The lowest BCUT2D eigenvalue weighted by molar-refractivity contribution is 0.454. The van der Waals surface area contributed by atoms with E-state index in [4.69, 9.17) is 10.00 Å². The third-order valence-electron chi connectivity index (χ3n) is 2.17. The van der Waals surface area contributed by atoms with Gasteiger partial charge in [0.25, 0.3) is 0 Å². The first-order valence-electron chi connectivity index (χ1n) is 5.11. The average molecular weight is 244 g/mol. The molecule has 0 saturated carbocycles. The van der Waals surface area contributed by atoms with Crippen LogP contribution in [0, 0.1) is 17.1 Å². The smallest absolute Gasteiger partial charge is 0.239 e. The molecule has 0 bridgehead atoms. The Balaban J connectivity index is 2.34. The van der Waals surface area contributed by atoms with E-state index in [0.29, 0.717) is 5.82 Å². The number of aromatic nitrogens is 2. The normalized spacial score (nSPS) is 9.61. The molecule has 2 rings (SSSR count). The third-order valence-corrected chi connectivity index (χ3v) is 2.17.